The normalized spacial score (nSPS) is 33.6. The monoisotopic (exact) mass is 260 g/mol. The van der Waals surface area contributed by atoms with Crippen LogP contribution < -0.4 is 5.73 Å². The van der Waals surface area contributed by atoms with Gasteiger partial charge in [-0.15, -0.1) is 0 Å². The number of β-amino-alcohol motifs (C(OH)–C–C–N with tert-alkyl or cyclic N) is 1. The summed E-state index contributed by atoms with van der Waals surface area (Å²) in [6, 6.07) is 8.95. The van der Waals surface area contributed by atoms with Crippen molar-refractivity contribution >= 4 is 0 Å². The molecule has 1 aromatic rings. The molecule has 2 atom stereocenters. The summed E-state index contributed by atoms with van der Waals surface area (Å²) in [5.74, 6) is 0. The number of benzene rings is 1. The summed E-state index contributed by atoms with van der Waals surface area (Å²) in [5, 5.41) is 11.2. The average Bonchev–Trinajstić information content (AvgIpc) is 2.89. The van der Waals surface area contributed by atoms with Crippen molar-refractivity contribution in [3.05, 3.63) is 35.4 Å². The van der Waals surface area contributed by atoms with Gasteiger partial charge in [0.15, 0.2) is 0 Å². The molecule has 1 heterocycles. The van der Waals surface area contributed by atoms with Crippen molar-refractivity contribution in [3.8, 4) is 0 Å². The molecule has 3 heteroatoms. The fourth-order valence-electron chi connectivity index (χ4n) is 4.02. The van der Waals surface area contributed by atoms with E-state index in [1.807, 2.05) is 0 Å². The highest BCUT2D eigenvalue weighted by Gasteiger charge is 2.56. The maximum Gasteiger partial charge on any atom is 0.0863 e. The van der Waals surface area contributed by atoms with Gasteiger partial charge in [-0.2, -0.15) is 0 Å². The number of hydrogen-bond acceptors (Lipinski definition) is 3. The Morgan fingerprint density at radius 1 is 1.32 bits per heavy atom. The zero-order chi connectivity index (χ0) is 13.7. The van der Waals surface area contributed by atoms with Gasteiger partial charge in [0.2, 0.25) is 0 Å². The molecule has 0 aromatic heterocycles. The zero-order valence-electron chi connectivity index (χ0n) is 11.9. The summed E-state index contributed by atoms with van der Waals surface area (Å²) in [6.45, 7) is 3.47. The van der Waals surface area contributed by atoms with Gasteiger partial charge in [0, 0.05) is 24.5 Å². The third-order valence-electron chi connectivity index (χ3n) is 5.45. The van der Waals surface area contributed by atoms with Gasteiger partial charge in [-0.05, 0) is 44.4 Å². The smallest absolute Gasteiger partial charge is 0.0863 e. The molecule has 0 bridgehead atoms. The van der Waals surface area contributed by atoms with E-state index in [0.29, 0.717) is 12.6 Å². The first-order chi connectivity index (χ1) is 9.00. The lowest BCUT2D eigenvalue weighted by Gasteiger charge is -2.42. The molecule has 1 aliphatic carbocycles. The highest BCUT2D eigenvalue weighted by molar-refractivity contribution is 5.36. The molecule has 19 heavy (non-hydrogen) atoms. The maximum atomic E-state index is 11.2. The molecule has 3 N–H and O–H groups in total. The molecule has 2 unspecified atom stereocenters. The van der Waals surface area contributed by atoms with Crippen molar-refractivity contribution in [1.82, 2.24) is 4.90 Å². The van der Waals surface area contributed by atoms with E-state index in [1.54, 1.807) is 0 Å². The van der Waals surface area contributed by atoms with Crippen LogP contribution in [0, 0.1) is 5.41 Å². The molecule has 3 nitrogen and oxygen atoms in total. The van der Waals surface area contributed by atoms with E-state index in [4.69, 9.17) is 5.73 Å². The van der Waals surface area contributed by atoms with E-state index >= 15 is 0 Å². The summed E-state index contributed by atoms with van der Waals surface area (Å²) in [4.78, 5) is 2.25. The quantitative estimate of drug-likeness (QED) is 0.839. The first-order valence-corrected chi connectivity index (χ1v) is 7.19. The Labute approximate surface area is 115 Å². The summed E-state index contributed by atoms with van der Waals surface area (Å²) in [5.41, 5.74) is 8.01. The lowest BCUT2D eigenvalue weighted by Crippen LogP contribution is -2.54. The molecule has 3 rings (SSSR count). The van der Waals surface area contributed by atoms with Crippen LogP contribution in [-0.4, -0.2) is 41.8 Å². The molecule has 1 saturated heterocycles. The minimum atomic E-state index is -0.658. The van der Waals surface area contributed by atoms with Crippen molar-refractivity contribution in [2.24, 2.45) is 11.1 Å². The molecule has 0 spiro atoms. The predicted molar refractivity (Wildman–Crippen MR) is 77.0 cm³/mol. The first kappa shape index (κ1) is 13.1. The van der Waals surface area contributed by atoms with Crippen LogP contribution in [0.15, 0.2) is 24.3 Å². The molecule has 0 amide bonds. The van der Waals surface area contributed by atoms with Gasteiger partial charge >= 0.3 is 0 Å². The van der Waals surface area contributed by atoms with Crippen LogP contribution in [0.2, 0.25) is 0 Å². The standard InChI is InChI=1S/C16H24N2O/c1-12-7-16(19,11-18(12)2)15(10-17)8-13-5-3-4-6-14(13)9-15/h3-6,12,19H,7-11,17H2,1-2H3. The number of aliphatic hydroxyl groups is 1. The van der Waals surface area contributed by atoms with Crippen molar-refractivity contribution < 1.29 is 5.11 Å². The number of hydrogen-bond donors (Lipinski definition) is 2. The minimum absolute atomic E-state index is 0.185. The Bertz CT molecular complexity index is 450. The fraction of sp³-hybridized carbons (Fsp3) is 0.625. The fourth-order valence-corrected chi connectivity index (χ4v) is 4.02. The van der Waals surface area contributed by atoms with Crippen molar-refractivity contribution in [1.29, 1.82) is 0 Å². The van der Waals surface area contributed by atoms with Crippen molar-refractivity contribution in [2.75, 3.05) is 20.1 Å². The largest absolute Gasteiger partial charge is 0.388 e. The van der Waals surface area contributed by atoms with Crippen molar-refractivity contribution in [3.63, 3.8) is 0 Å². The van der Waals surface area contributed by atoms with Crippen molar-refractivity contribution in [2.45, 2.75) is 37.8 Å². The van der Waals surface area contributed by atoms with Gasteiger partial charge in [-0.25, -0.2) is 0 Å². The van der Waals surface area contributed by atoms with E-state index < -0.39 is 5.60 Å². The molecule has 2 aliphatic rings. The van der Waals surface area contributed by atoms with Crippen LogP contribution in [0.1, 0.15) is 24.5 Å². The van der Waals surface area contributed by atoms with Crippen LogP contribution in [0.3, 0.4) is 0 Å². The lowest BCUT2D eigenvalue weighted by atomic mass is 9.68. The predicted octanol–water partition coefficient (Wildman–Crippen LogP) is 1.19. The summed E-state index contributed by atoms with van der Waals surface area (Å²) >= 11 is 0. The van der Waals surface area contributed by atoms with Crippen LogP contribution in [0.5, 0.6) is 0 Å². The Balaban J connectivity index is 1.95. The topological polar surface area (TPSA) is 49.5 Å². The zero-order valence-corrected chi connectivity index (χ0v) is 11.9. The highest BCUT2D eigenvalue weighted by Crippen LogP contribution is 2.48. The van der Waals surface area contributed by atoms with Crippen LogP contribution >= 0.6 is 0 Å². The highest BCUT2D eigenvalue weighted by atomic mass is 16.3. The third kappa shape index (κ3) is 1.83. The maximum absolute atomic E-state index is 11.2. The number of likely N-dealkylation sites (N-methyl/N-ethyl adjacent to an activating group) is 1. The van der Waals surface area contributed by atoms with Crippen LogP contribution in [0.4, 0.5) is 0 Å². The Hall–Kier alpha value is -0.900. The van der Waals surface area contributed by atoms with Gasteiger partial charge < -0.3 is 15.7 Å². The molecule has 104 valence electrons. The van der Waals surface area contributed by atoms with Gasteiger partial charge in [0.25, 0.3) is 0 Å². The van der Waals surface area contributed by atoms with Gasteiger partial charge in [-0.1, -0.05) is 24.3 Å². The second kappa shape index (κ2) is 4.30. The summed E-state index contributed by atoms with van der Waals surface area (Å²) < 4.78 is 0. The second-order valence-electron chi connectivity index (χ2n) is 6.61. The third-order valence-corrected chi connectivity index (χ3v) is 5.45. The first-order valence-electron chi connectivity index (χ1n) is 7.19. The molecular weight excluding hydrogens is 236 g/mol. The lowest BCUT2D eigenvalue weighted by molar-refractivity contribution is -0.0661. The van der Waals surface area contributed by atoms with E-state index in [-0.39, 0.29) is 5.41 Å². The SMILES string of the molecule is CC1CC(O)(C2(CN)Cc3ccccc3C2)CN1C. The number of nitrogens with zero attached hydrogens (tertiary/aromatic N) is 1. The second-order valence-corrected chi connectivity index (χ2v) is 6.61. The molecule has 0 saturated carbocycles. The molecule has 0 radical (unpaired) electrons. The Morgan fingerprint density at radius 3 is 2.32 bits per heavy atom. The van der Waals surface area contributed by atoms with Gasteiger partial charge in [0.05, 0.1) is 5.60 Å². The average molecular weight is 260 g/mol. The molecular formula is C16H24N2O. The van der Waals surface area contributed by atoms with Gasteiger partial charge in [-0.3, -0.25) is 0 Å². The van der Waals surface area contributed by atoms with E-state index in [9.17, 15) is 5.11 Å². The Morgan fingerprint density at radius 2 is 1.89 bits per heavy atom. The summed E-state index contributed by atoms with van der Waals surface area (Å²) in [7, 11) is 2.09. The van der Waals surface area contributed by atoms with Crippen LogP contribution in [0.25, 0.3) is 0 Å². The molecule has 1 aliphatic heterocycles. The number of rotatable bonds is 2. The molecule has 1 fully saturated rings. The number of fused-ring (bicyclic) bond motifs is 1. The summed E-state index contributed by atoms with van der Waals surface area (Å²) in [6.07, 6.45) is 2.65. The van der Waals surface area contributed by atoms with E-state index in [0.717, 1.165) is 25.8 Å². The van der Waals surface area contributed by atoms with Crippen LogP contribution in [-0.2, 0) is 12.8 Å². The molecule has 1 aromatic carbocycles. The Kier molecular flexibility index (Phi) is 2.97. The van der Waals surface area contributed by atoms with Gasteiger partial charge in [0.1, 0.15) is 0 Å². The van der Waals surface area contributed by atoms with E-state index in [2.05, 4.69) is 43.1 Å². The van der Waals surface area contributed by atoms with E-state index in [1.165, 1.54) is 11.1 Å². The number of nitrogens with two attached hydrogens (primary N) is 1. The minimum Gasteiger partial charge on any atom is -0.388 e. The number of likely N-dealkylation sites (tertiary alicyclic amines) is 1.